The first kappa shape index (κ1) is 21.9. The van der Waals surface area contributed by atoms with Gasteiger partial charge in [-0.15, -0.1) is 11.8 Å². The van der Waals surface area contributed by atoms with Gasteiger partial charge in [0.05, 0.1) is 29.6 Å². The first-order chi connectivity index (χ1) is 15.5. The Balaban J connectivity index is 1.48. The molecule has 2 aromatic rings. The highest BCUT2D eigenvalue weighted by molar-refractivity contribution is 7.99. The van der Waals surface area contributed by atoms with E-state index in [4.69, 9.17) is 5.26 Å². The molecule has 166 valence electrons. The predicted octanol–water partition coefficient (Wildman–Crippen LogP) is 1.06. The fourth-order valence-corrected chi connectivity index (χ4v) is 5.06. The van der Waals surface area contributed by atoms with E-state index < -0.39 is 6.04 Å². The molecular formula is C22H24N6O3S. The Morgan fingerprint density at radius 2 is 2.00 bits per heavy atom. The van der Waals surface area contributed by atoms with Crippen LogP contribution < -0.4 is 10.2 Å². The fraction of sp³-hybridized carbons (Fsp3) is 0.409. The normalized spacial score (nSPS) is 18.5. The van der Waals surface area contributed by atoms with E-state index in [1.54, 1.807) is 19.2 Å². The standard InChI is InChI=1S/C22H24N6O3S/c1-15(29)26-6-8-27(9-7-26)16-2-3-20-19(10-16)18(4-5-24-20)22(31)25-12-21(30)28-14-32-13-17(28)11-23/h2-5,10,17H,6-9,12-14H2,1H3,(H,25,31)/t17-/m1/s1. The van der Waals surface area contributed by atoms with Crippen LogP contribution in [0.3, 0.4) is 0 Å². The number of nitriles is 1. The minimum atomic E-state index is -0.447. The molecule has 2 fully saturated rings. The number of nitrogens with zero attached hydrogens (tertiary/aromatic N) is 5. The first-order valence-corrected chi connectivity index (χ1v) is 11.6. The van der Waals surface area contributed by atoms with Gasteiger partial charge in [-0.3, -0.25) is 19.4 Å². The SMILES string of the molecule is CC(=O)N1CCN(c2ccc3nccc(C(=O)NCC(=O)N4CSC[C@H]4C#N)c3c2)CC1. The van der Waals surface area contributed by atoms with Crippen LogP contribution in [0.2, 0.25) is 0 Å². The number of fused-ring (bicyclic) bond motifs is 1. The van der Waals surface area contributed by atoms with Crippen LogP contribution in [0, 0.1) is 11.3 Å². The molecule has 9 nitrogen and oxygen atoms in total. The molecule has 32 heavy (non-hydrogen) atoms. The second-order valence-corrected chi connectivity index (χ2v) is 8.74. The van der Waals surface area contributed by atoms with Gasteiger partial charge in [0.2, 0.25) is 11.8 Å². The van der Waals surface area contributed by atoms with Gasteiger partial charge in [-0.05, 0) is 24.3 Å². The first-order valence-electron chi connectivity index (χ1n) is 10.4. The van der Waals surface area contributed by atoms with E-state index in [1.807, 2.05) is 23.1 Å². The monoisotopic (exact) mass is 452 g/mol. The second kappa shape index (κ2) is 9.44. The van der Waals surface area contributed by atoms with Crippen LogP contribution in [0.25, 0.3) is 10.9 Å². The van der Waals surface area contributed by atoms with E-state index in [0.29, 0.717) is 41.2 Å². The van der Waals surface area contributed by atoms with Crippen molar-refractivity contribution in [3.63, 3.8) is 0 Å². The average Bonchev–Trinajstić information content (AvgIpc) is 3.30. The maximum Gasteiger partial charge on any atom is 0.252 e. The number of rotatable bonds is 4. The summed E-state index contributed by atoms with van der Waals surface area (Å²) in [4.78, 5) is 46.8. The van der Waals surface area contributed by atoms with Crippen LogP contribution in [-0.2, 0) is 9.59 Å². The Morgan fingerprint density at radius 3 is 2.72 bits per heavy atom. The lowest BCUT2D eigenvalue weighted by molar-refractivity contribution is -0.130. The number of hydrogen-bond acceptors (Lipinski definition) is 7. The summed E-state index contributed by atoms with van der Waals surface area (Å²) in [5, 5.41) is 12.6. The summed E-state index contributed by atoms with van der Waals surface area (Å²) >= 11 is 1.53. The zero-order chi connectivity index (χ0) is 22.7. The van der Waals surface area contributed by atoms with Gasteiger partial charge in [0, 0.05) is 56.1 Å². The molecule has 0 saturated carbocycles. The Hall–Kier alpha value is -3.32. The highest BCUT2D eigenvalue weighted by Gasteiger charge is 2.29. The molecule has 0 unspecified atom stereocenters. The van der Waals surface area contributed by atoms with Crippen LogP contribution in [0.15, 0.2) is 30.5 Å². The fourth-order valence-electron chi connectivity index (χ4n) is 3.96. The van der Waals surface area contributed by atoms with Gasteiger partial charge in [-0.1, -0.05) is 0 Å². The van der Waals surface area contributed by atoms with Crippen molar-refractivity contribution in [2.45, 2.75) is 13.0 Å². The average molecular weight is 453 g/mol. The van der Waals surface area contributed by atoms with Gasteiger partial charge in [-0.25, -0.2) is 0 Å². The smallest absolute Gasteiger partial charge is 0.252 e. The van der Waals surface area contributed by atoms with E-state index >= 15 is 0 Å². The minimum Gasteiger partial charge on any atom is -0.368 e. The lowest BCUT2D eigenvalue weighted by Gasteiger charge is -2.35. The maximum atomic E-state index is 12.9. The Kier molecular flexibility index (Phi) is 6.46. The molecule has 2 aliphatic heterocycles. The van der Waals surface area contributed by atoms with Crippen LogP contribution >= 0.6 is 11.8 Å². The number of hydrogen-bond donors (Lipinski definition) is 1. The molecule has 3 heterocycles. The van der Waals surface area contributed by atoms with Crippen molar-refractivity contribution < 1.29 is 14.4 Å². The molecule has 1 atom stereocenters. The number of amides is 3. The molecule has 0 radical (unpaired) electrons. The van der Waals surface area contributed by atoms with Crippen molar-refractivity contribution in [2.24, 2.45) is 0 Å². The van der Waals surface area contributed by atoms with Crippen molar-refractivity contribution in [2.75, 3.05) is 49.3 Å². The Bertz CT molecular complexity index is 1090. The molecule has 4 rings (SSSR count). The molecule has 0 spiro atoms. The number of carbonyl (C=O) groups is 3. The summed E-state index contributed by atoms with van der Waals surface area (Å²) in [7, 11) is 0. The molecule has 1 aromatic carbocycles. The topological polar surface area (TPSA) is 110 Å². The molecule has 2 aliphatic rings. The van der Waals surface area contributed by atoms with Gasteiger partial charge in [0.1, 0.15) is 6.04 Å². The van der Waals surface area contributed by atoms with Crippen LogP contribution in [0.4, 0.5) is 5.69 Å². The quantitative estimate of drug-likeness (QED) is 0.739. The van der Waals surface area contributed by atoms with Crippen molar-refractivity contribution in [3.8, 4) is 6.07 Å². The number of nitrogens with one attached hydrogen (secondary N) is 1. The predicted molar refractivity (Wildman–Crippen MR) is 122 cm³/mol. The van der Waals surface area contributed by atoms with E-state index in [0.717, 1.165) is 18.8 Å². The van der Waals surface area contributed by atoms with Gasteiger partial charge < -0.3 is 20.0 Å². The number of pyridine rings is 1. The van der Waals surface area contributed by atoms with E-state index in [1.165, 1.54) is 16.7 Å². The molecular weight excluding hydrogens is 428 g/mol. The molecule has 1 aromatic heterocycles. The number of piperazine rings is 1. The molecule has 10 heteroatoms. The van der Waals surface area contributed by atoms with Crippen molar-refractivity contribution >= 4 is 46.1 Å². The van der Waals surface area contributed by atoms with Crippen molar-refractivity contribution in [1.29, 1.82) is 5.26 Å². The molecule has 1 N–H and O–H groups in total. The summed E-state index contributed by atoms with van der Waals surface area (Å²) in [6.45, 7) is 4.18. The summed E-state index contributed by atoms with van der Waals surface area (Å²) in [6, 6.07) is 9.10. The van der Waals surface area contributed by atoms with E-state index in [-0.39, 0.29) is 24.3 Å². The molecule has 3 amide bonds. The van der Waals surface area contributed by atoms with Crippen LogP contribution in [-0.4, -0.2) is 82.9 Å². The summed E-state index contributed by atoms with van der Waals surface area (Å²) in [5.41, 5.74) is 2.10. The lowest BCUT2D eigenvalue weighted by atomic mass is 10.1. The highest BCUT2D eigenvalue weighted by atomic mass is 32.2. The number of carbonyl (C=O) groups excluding carboxylic acids is 3. The second-order valence-electron chi connectivity index (χ2n) is 7.74. The number of benzene rings is 1. The zero-order valence-corrected chi connectivity index (χ0v) is 18.6. The molecule has 0 bridgehead atoms. The third-order valence-corrected chi connectivity index (χ3v) is 6.82. The van der Waals surface area contributed by atoms with Crippen molar-refractivity contribution in [3.05, 3.63) is 36.0 Å². The Morgan fingerprint density at radius 1 is 1.22 bits per heavy atom. The summed E-state index contributed by atoms with van der Waals surface area (Å²) in [5.74, 6) is 0.511. The zero-order valence-electron chi connectivity index (χ0n) is 17.8. The number of aromatic nitrogens is 1. The third-order valence-electron chi connectivity index (χ3n) is 5.81. The van der Waals surface area contributed by atoms with Gasteiger partial charge in [0.15, 0.2) is 0 Å². The summed E-state index contributed by atoms with van der Waals surface area (Å²) in [6.07, 6.45) is 1.58. The molecule has 0 aliphatic carbocycles. The van der Waals surface area contributed by atoms with Crippen LogP contribution in [0.5, 0.6) is 0 Å². The van der Waals surface area contributed by atoms with Gasteiger partial charge >= 0.3 is 0 Å². The minimum absolute atomic E-state index is 0.0782. The van der Waals surface area contributed by atoms with Crippen LogP contribution in [0.1, 0.15) is 17.3 Å². The number of thioether (sulfide) groups is 1. The Labute approximate surface area is 190 Å². The van der Waals surface area contributed by atoms with E-state index in [2.05, 4.69) is 21.3 Å². The molecule has 2 saturated heterocycles. The van der Waals surface area contributed by atoms with E-state index in [9.17, 15) is 14.4 Å². The number of anilines is 1. The third kappa shape index (κ3) is 4.48. The van der Waals surface area contributed by atoms with Crippen molar-refractivity contribution in [1.82, 2.24) is 20.1 Å². The highest BCUT2D eigenvalue weighted by Crippen LogP contribution is 2.25. The van der Waals surface area contributed by atoms with Gasteiger partial charge in [-0.2, -0.15) is 5.26 Å². The largest absolute Gasteiger partial charge is 0.368 e. The summed E-state index contributed by atoms with van der Waals surface area (Å²) < 4.78 is 0. The lowest BCUT2D eigenvalue weighted by Crippen LogP contribution is -2.48. The van der Waals surface area contributed by atoms with Gasteiger partial charge in [0.25, 0.3) is 5.91 Å². The maximum absolute atomic E-state index is 12.9.